The predicted molar refractivity (Wildman–Crippen MR) is 63.9 cm³/mol. The Kier molecular flexibility index (Phi) is 4.59. The van der Waals surface area contributed by atoms with E-state index in [0.717, 1.165) is 10.6 Å². The second-order valence-corrected chi connectivity index (χ2v) is 3.93. The van der Waals surface area contributed by atoms with E-state index in [2.05, 4.69) is 15.3 Å². The molecular formula is C11H16N4O3. The zero-order valence-corrected chi connectivity index (χ0v) is 10.5. The van der Waals surface area contributed by atoms with Gasteiger partial charge in [0.05, 0.1) is 24.1 Å². The van der Waals surface area contributed by atoms with Gasteiger partial charge in [-0.3, -0.25) is 9.97 Å². The van der Waals surface area contributed by atoms with Gasteiger partial charge < -0.3 is 15.3 Å². The quantitative estimate of drug-likeness (QED) is 0.808. The number of likely N-dealkylation sites (N-methyl/N-ethyl adjacent to an activating group) is 1. The fraction of sp³-hybridized carbons (Fsp3) is 0.455. The van der Waals surface area contributed by atoms with Crippen molar-refractivity contribution >= 4 is 12.0 Å². The Morgan fingerprint density at radius 1 is 1.44 bits per heavy atom. The Morgan fingerprint density at radius 3 is 2.61 bits per heavy atom. The summed E-state index contributed by atoms with van der Waals surface area (Å²) in [5.74, 6) is -1.05. The minimum atomic E-state index is -1.05. The summed E-state index contributed by atoms with van der Waals surface area (Å²) in [7, 11) is 1.43. The zero-order chi connectivity index (χ0) is 13.7. The van der Waals surface area contributed by atoms with Crippen LogP contribution >= 0.6 is 0 Å². The van der Waals surface area contributed by atoms with Gasteiger partial charge in [-0.25, -0.2) is 9.59 Å². The van der Waals surface area contributed by atoms with Gasteiger partial charge in [-0.1, -0.05) is 0 Å². The number of aliphatic carboxylic acids is 1. The van der Waals surface area contributed by atoms with Crippen LogP contribution in [0.25, 0.3) is 0 Å². The summed E-state index contributed by atoms with van der Waals surface area (Å²) in [6.07, 6.45) is 3.17. The van der Waals surface area contributed by atoms with E-state index in [1.807, 2.05) is 6.92 Å². The average molecular weight is 252 g/mol. The number of rotatable bonds is 4. The van der Waals surface area contributed by atoms with Gasteiger partial charge in [0.1, 0.15) is 6.04 Å². The maximum absolute atomic E-state index is 11.6. The van der Waals surface area contributed by atoms with Gasteiger partial charge in [-0.15, -0.1) is 0 Å². The third-order valence-corrected chi connectivity index (χ3v) is 2.51. The van der Waals surface area contributed by atoms with Crippen LogP contribution in [0, 0.1) is 6.92 Å². The highest BCUT2D eigenvalue weighted by atomic mass is 16.4. The minimum absolute atomic E-state index is 0.211. The van der Waals surface area contributed by atoms with Gasteiger partial charge in [0.2, 0.25) is 0 Å². The molecule has 1 aromatic rings. The SMILES string of the molecule is Cc1cnc(CNC(=O)N(C)C(C)C(=O)O)cn1. The van der Waals surface area contributed by atoms with Crippen molar-refractivity contribution in [1.29, 1.82) is 0 Å². The number of nitrogens with zero attached hydrogens (tertiary/aromatic N) is 3. The van der Waals surface area contributed by atoms with E-state index >= 15 is 0 Å². The molecule has 7 nitrogen and oxygen atoms in total. The average Bonchev–Trinajstić information content (AvgIpc) is 2.35. The molecule has 0 fully saturated rings. The number of aromatic nitrogens is 2. The smallest absolute Gasteiger partial charge is 0.326 e. The minimum Gasteiger partial charge on any atom is -0.480 e. The van der Waals surface area contributed by atoms with E-state index < -0.39 is 18.0 Å². The fourth-order valence-electron chi connectivity index (χ4n) is 1.14. The van der Waals surface area contributed by atoms with Crippen LogP contribution in [0.5, 0.6) is 0 Å². The summed E-state index contributed by atoms with van der Waals surface area (Å²) in [5, 5.41) is 11.3. The van der Waals surface area contributed by atoms with E-state index in [1.165, 1.54) is 14.0 Å². The van der Waals surface area contributed by atoms with Gasteiger partial charge in [-0.2, -0.15) is 0 Å². The first-order valence-corrected chi connectivity index (χ1v) is 5.42. The largest absolute Gasteiger partial charge is 0.480 e. The highest BCUT2D eigenvalue weighted by Crippen LogP contribution is 1.98. The van der Waals surface area contributed by atoms with Crippen LogP contribution in [0.4, 0.5) is 4.79 Å². The molecule has 0 aliphatic carbocycles. The van der Waals surface area contributed by atoms with Crippen LogP contribution < -0.4 is 5.32 Å². The Hall–Kier alpha value is -2.18. The second-order valence-electron chi connectivity index (χ2n) is 3.93. The number of carboxylic acid groups (broad SMARTS) is 1. The molecule has 0 aromatic carbocycles. The molecule has 2 N–H and O–H groups in total. The van der Waals surface area contributed by atoms with Crippen molar-refractivity contribution in [1.82, 2.24) is 20.2 Å². The lowest BCUT2D eigenvalue weighted by Crippen LogP contribution is -2.45. The Balaban J connectivity index is 2.50. The molecular weight excluding hydrogens is 236 g/mol. The maximum Gasteiger partial charge on any atom is 0.326 e. The van der Waals surface area contributed by atoms with Gasteiger partial charge >= 0.3 is 12.0 Å². The summed E-state index contributed by atoms with van der Waals surface area (Å²) >= 11 is 0. The molecule has 18 heavy (non-hydrogen) atoms. The number of carbonyl (C=O) groups excluding carboxylic acids is 1. The number of hydrogen-bond acceptors (Lipinski definition) is 4. The van der Waals surface area contributed by atoms with Crippen molar-refractivity contribution in [3.05, 3.63) is 23.8 Å². The number of urea groups is 1. The van der Waals surface area contributed by atoms with Crippen LogP contribution in [0.3, 0.4) is 0 Å². The van der Waals surface area contributed by atoms with Crippen LogP contribution in [-0.4, -0.2) is 45.1 Å². The summed E-state index contributed by atoms with van der Waals surface area (Å²) in [4.78, 5) is 31.6. The first-order chi connectivity index (χ1) is 8.41. The Labute approximate surface area is 105 Å². The number of aryl methyl sites for hydroxylation is 1. The molecule has 0 saturated carbocycles. The summed E-state index contributed by atoms with van der Waals surface area (Å²) < 4.78 is 0. The van der Waals surface area contributed by atoms with Gasteiger partial charge in [0.15, 0.2) is 0 Å². The molecule has 0 bridgehead atoms. The van der Waals surface area contributed by atoms with Crippen molar-refractivity contribution in [2.24, 2.45) is 0 Å². The Bertz CT molecular complexity index is 432. The molecule has 1 rings (SSSR count). The lowest BCUT2D eigenvalue weighted by atomic mass is 10.3. The lowest BCUT2D eigenvalue weighted by molar-refractivity contribution is -0.141. The van der Waals surface area contributed by atoms with Crippen molar-refractivity contribution in [2.75, 3.05) is 7.05 Å². The molecule has 1 unspecified atom stereocenters. The zero-order valence-electron chi connectivity index (χ0n) is 10.5. The number of hydrogen-bond donors (Lipinski definition) is 2. The van der Waals surface area contributed by atoms with Gasteiger partial charge in [0, 0.05) is 13.2 Å². The number of carboxylic acids is 1. The molecule has 0 spiro atoms. The van der Waals surface area contributed by atoms with Gasteiger partial charge in [0.25, 0.3) is 0 Å². The van der Waals surface area contributed by atoms with E-state index in [9.17, 15) is 9.59 Å². The molecule has 98 valence electrons. The van der Waals surface area contributed by atoms with Crippen molar-refractivity contribution in [3.63, 3.8) is 0 Å². The number of amides is 2. The van der Waals surface area contributed by atoms with E-state index in [0.29, 0.717) is 5.69 Å². The van der Waals surface area contributed by atoms with E-state index in [4.69, 9.17) is 5.11 Å². The molecule has 2 amide bonds. The fourth-order valence-corrected chi connectivity index (χ4v) is 1.14. The highest BCUT2D eigenvalue weighted by molar-refractivity contribution is 5.82. The monoisotopic (exact) mass is 252 g/mol. The molecule has 0 aliphatic rings. The topological polar surface area (TPSA) is 95.4 Å². The first kappa shape index (κ1) is 13.9. The normalized spacial score (nSPS) is 11.7. The van der Waals surface area contributed by atoms with E-state index in [-0.39, 0.29) is 6.54 Å². The molecule has 1 heterocycles. The number of nitrogens with one attached hydrogen (secondary N) is 1. The first-order valence-electron chi connectivity index (χ1n) is 5.42. The molecule has 0 radical (unpaired) electrons. The highest BCUT2D eigenvalue weighted by Gasteiger charge is 2.21. The van der Waals surface area contributed by atoms with Crippen LogP contribution in [0.1, 0.15) is 18.3 Å². The van der Waals surface area contributed by atoms with Crippen LogP contribution in [0.2, 0.25) is 0 Å². The van der Waals surface area contributed by atoms with Crippen molar-refractivity contribution in [2.45, 2.75) is 26.4 Å². The molecule has 0 saturated heterocycles. The summed E-state index contributed by atoms with van der Waals surface area (Å²) in [6, 6.07) is -1.35. The molecule has 0 aliphatic heterocycles. The van der Waals surface area contributed by atoms with Crippen molar-refractivity contribution < 1.29 is 14.7 Å². The maximum atomic E-state index is 11.6. The molecule has 1 atom stereocenters. The van der Waals surface area contributed by atoms with E-state index in [1.54, 1.807) is 12.4 Å². The van der Waals surface area contributed by atoms with Gasteiger partial charge in [-0.05, 0) is 13.8 Å². The Morgan fingerprint density at radius 2 is 2.11 bits per heavy atom. The predicted octanol–water partition coefficient (Wildman–Crippen LogP) is 0.400. The summed E-state index contributed by atoms with van der Waals surface area (Å²) in [6.45, 7) is 3.47. The third-order valence-electron chi connectivity index (χ3n) is 2.51. The van der Waals surface area contributed by atoms with Crippen LogP contribution in [-0.2, 0) is 11.3 Å². The molecule has 7 heteroatoms. The summed E-state index contributed by atoms with van der Waals surface area (Å²) in [5.41, 5.74) is 1.41. The molecule has 1 aromatic heterocycles. The standard InChI is InChI=1S/C11H16N4O3/c1-7-4-13-9(5-12-7)6-14-11(18)15(3)8(2)10(16)17/h4-5,8H,6H2,1-3H3,(H,14,18)(H,16,17). The van der Waals surface area contributed by atoms with Crippen molar-refractivity contribution in [3.8, 4) is 0 Å². The third kappa shape index (κ3) is 3.69. The number of carbonyl (C=O) groups is 2. The second kappa shape index (κ2) is 5.95. The lowest BCUT2D eigenvalue weighted by Gasteiger charge is -2.21. The van der Waals surface area contributed by atoms with Crippen LogP contribution in [0.15, 0.2) is 12.4 Å².